The highest BCUT2D eigenvalue weighted by Gasteiger charge is 2.05. The van der Waals surface area contributed by atoms with Crippen molar-refractivity contribution in [1.29, 1.82) is 0 Å². The number of aryl methyl sites for hydroxylation is 2. The van der Waals surface area contributed by atoms with Crippen LogP contribution < -0.4 is 5.32 Å². The Labute approximate surface area is 84.3 Å². The quantitative estimate of drug-likeness (QED) is 0.745. The van der Waals surface area contributed by atoms with Gasteiger partial charge < -0.3 is 14.8 Å². The highest BCUT2D eigenvalue weighted by molar-refractivity contribution is 5.05. The van der Waals surface area contributed by atoms with E-state index in [1.807, 2.05) is 20.8 Å². The first kappa shape index (κ1) is 11.2. The van der Waals surface area contributed by atoms with Crippen molar-refractivity contribution >= 4 is 0 Å². The summed E-state index contributed by atoms with van der Waals surface area (Å²) >= 11 is 0. The lowest BCUT2D eigenvalue weighted by Gasteiger charge is -2.06. The number of oxazole rings is 1. The molecule has 4 nitrogen and oxygen atoms in total. The molecule has 0 aliphatic rings. The first-order valence-corrected chi connectivity index (χ1v) is 4.95. The topological polar surface area (TPSA) is 58.3 Å². The van der Waals surface area contributed by atoms with Crippen molar-refractivity contribution in [1.82, 2.24) is 10.3 Å². The van der Waals surface area contributed by atoms with E-state index in [2.05, 4.69) is 10.3 Å². The highest BCUT2D eigenvalue weighted by Crippen LogP contribution is 2.07. The van der Waals surface area contributed by atoms with Gasteiger partial charge in [-0.05, 0) is 20.3 Å². The van der Waals surface area contributed by atoms with Gasteiger partial charge in [-0.3, -0.25) is 0 Å². The molecule has 1 heterocycles. The van der Waals surface area contributed by atoms with Crippen LogP contribution in [0, 0.1) is 13.8 Å². The minimum atomic E-state index is -0.285. The normalized spacial score (nSPS) is 13.1. The molecule has 0 spiro atoms. The second-order valence-corrected chi connectivity index (χ2v) is 3.44. The summed E-state index contributed by atoms with van der Waals surface area (Å²) in [5.74, 6) is 1.54. The Kier molecular flexibility index (Phi) is 4.10. The predicted octanol–water partition coefficient (Wildman–Crippen LogP) is 1.15. The number of nitrogens with zero attached hydrogens (tertiary/aromatic N) is 1. The Bertz CT molecular complexity index is 264. The fourth-order valence-corrected chi connectivity index (χ4v) is 1.10. The molecule has 4 heteroatoms. The van der Waals surface area contributed by atoms with Crippen LogP contribution in [-0.2, 0) is 6.54 Å². The van der Waals surface area contributed by atoms with Gasteiger partial charge in [-0.15, -0.1) is 0 Å². The van der Waals surface area contributed by atoms with E-state index < -0.39 is 0 Å². The van der Waals surface area contributed by atoms with Crippen LogP contribution in [0.4, 0.5) is 0 Å². The van der Waals surface area contributed by atoms with Crippen LogP contribution in [0.2, 0.25) is 0 Å². The molecule has 0 radical (unpaired) electrons. The van der Waals surface area contributed by atoms with Crippen molar-refractivity contribution in [3.63, 3.8) is 0 Å². The van der Waals surface area contributed by atoms with E-state index >= 15 is 0 Å². The van der Waals surface area contributed by atoms with Gasteiger partial charge >= 0.3 is 0 Å². The number of nitrogens with one attached hydrogen (secondary N) is 1. The number of hydrogen-bond donors (Lipinski definition) is 2. The summed E-state index contributed by atoms with van der Waals surface area (Å²) in [4.78, 5) is 4.22. The fourth-order valence-electron chi connectivity index (χ4n) is 1.10. The summed E-state index contributed by atoms with van der Waals surface area (Å²) in [5.41, 5.74) is 0.929. The van der Waals surface area contributed by atoms with Gasteiger partial charge in [0.15, 0.2) is 0 Å². The molecule has 1 atom stereocenters. The number of aromatic nitrogens is 1. The molecule has 1 aromatic heterocycles. The summed E-state index contributed by atoms with van der Waals surface area (Å²) in [6.07, 6.45) is 0.476. The van der Waals surface area contributed by atoms with Crippen molar-refractivity contribution in [3.8, 4) is 0 Å². The molecule has 1 unspecified atom stereocenters. The summed E-state index contributed by atoms with van der Waals surface area (Å²) in [6, 6.07) is 0. The van der Waals surface area contributed by atoms with Crippen molar-refractivity contribution in [2.45, 2.75) is 39.8 Å². The fraction of sp³-hybridized carbons (Fsp3) is 0.700. The molecule has 0 amide bonds. The van der Waals surface area contributed by atoms with Crippen molar-refractivity contribution in [2.24, 2.45) is 0 Å². The molecule has 0 aliphatic carbocycles. The average Bonchev–Trinajstić information content (AvgIpc) is 2.46. The Hall–Kier alpha value is -0.870. The van der Waals surface area contributed by atoms with Crippen LogP contribution in [0.3, 0.4) is 0 Å². The smallest absolute Gasteiger partial charge is 0.208 e. The Morgan fingerprint density at radius 3 is 2.71 bits per heavy atom. The lowest BCUT2D eigenvalue weighted by molar-refractivity contribution is 0.166. The first-order valence-electron chi connectivity index (χ1n) is 4.95. The van der Waals surface area contributed by atoms with Crippen molar-refractivity contribution < 1.29 is 9.52 Å². The number of rotatable bonds is 5. The Balaban J connectivity index is 2.31. The molecule has 80 valence electrons. The third-order valence-corrected chi connectivity index (χ3v) is 2.20. The standard InChI is InChI=1S/C10H18N2O2/c1-4-9(13)5-11-6-10-12-7(2)8(3)14-10/h9,11,13H,4-6H2,1-3H3. The van der Waals surface area contributed by atoms with E-state index in [4.69, 9.17) is 4.42 Å². The average molecular weight is 198 g/mol. The van der Waals surface area contributed by atoms with Crippen molar-refractivity contribution in [2.75, 3.05) is 6.54 Å². The van der Waals surface area contributed by atoms with Crippen LogP contribution in [0.1, 0.15) is 30.7 Å². The molecule has 0 aliphatic heterocycles. The van der Waals surface area contributed by atoms with E-state index in [-0.39, 0.29) is 6.10 Å². The second-order valence-electron chi connectivity index (χ2n) is 3.44. The summed E-state index contributed by atoms with van der Waals surface area (Å²) in [7, 11) is 0. The molecular weight excluding hydrogens is 180 g/mol. The third kappa shape index (κ3) is 3.12. The molecule has 0 bridgehead atoms. The van der Waals surface area contributed by atoms with Gasteiger partial charge in [0.05, 0.1) is 18.3 Å². The van der Waals surface area contributed by atoms with Crippen LogP contribution >= 0.6 is 0 Å². The number of aliphatic hydroxyl groups is 1. The van der Waals surface area contributed by atoms with Gasteiger partial charge in [0.2, 0.25) is 5.89 Å². The van der Waals surface area contributed by atoms with E-state index in [0.717, 1.165) is 17.9 Å². The van der Waals surface area contributed by atoms with Crippen LogP contribution in [-0.4, -0.2) is 22.7 Å². The Morgan fingerprint density at radius 2 is 2.21 bits per heavy atom. The first-order chi connectivity index (χ1) is 6.63. The Morgan fingerprint density at radius 1 is 1.50 bits per heavy atom. The number of hydrogen-bond acceptors (Lipinski definition) is 4. The van der Waals surface area contributed by atoms with E-state index in [0.29, 0.717) is 19.0 Å². The van der Waals surface area contributed by atoms with Gasteiger partial charge in [0.1, 0.15) is 5.76 Å². The van der Waals surface area contributed by atoms with E-state index in [9.17, 15) is 5.11 Å². The summed E-state index contributed by atoms with van der Waals surface area (Å²) in [6.45, 7) is 6.92. The van der Waals surface area contributed by atoms with Gasteiger partial charge in [-0.1, -0.05) is 6.92 Å². The van der Waals surface area contributed by atoms with Crippen molar-refractivity contribution in [3.05, 3.63) is 17.3 Å². The molecule has 0 fully saturated rings. The van der Waals surface area contributed by atoms with Gasteiger partial charge in [-0.2, -0.15) is 0 Å². The zero-order valence-electron chi connectivity index (χ0n) is 9.00. The van der Waals surface area contributed by atoms with Gasteiger partial charge in [0, 0.05) is 6.54 Å². The molecule has 0 aromatic carbocycles. The van der Waals surface area contributed by atoms with Crippen LogP contribution in [0.5, 0.6) is 0 Å². The lowest BCUT2D eigenvalue weighted by atomic mass is 10.3. The van der Waals surface area contributed by atoms with E-state index in [1.54, 1.807) is 0 Å². The molecule has 1 rings (SSSR count). The van der Waals surface area contributed by atoms with Crippen LogP contribution in [0.15, 0.2) is 4.42 Å². The minimum Gasteiger partial charge on any atom is -0.444 e. The van der Waals surface area contributed by atoms with Gasteiger partial charge in [0.25, 0.3) is 0 Å². The minimum absolute atomic E-state index is 0.285. The molecule has 0 saturated heterocycles. The number of aliphatic hydroxyl groups excluding tert-OH is 1. The molecule has 14 heavy (non-hydrogen) atoms. The zero-order valence-corrected chi connectivity index (χ0v) is 9.00. The summed E-state index contributed by atoms with van der Waals surface area (Å²) < 4.78 is 5.37. The molecular formula is C10H18N2O2. The molecule has 0 saturated carbocycles. The molecule has 2 N–H and O–H groups in total. The molecule has 1 aromatic rings. The maximum Gasteiger partial charge on any atom is 0.208 e. The van der Waals surface area contributed by atoms with E-state index in [1.165, 1.54) is 0 Å². The van der Waals surface area contributed by atoms with Gasteiger partial charge in [-0.25, -0.2) is 4.98 Å². The third-order valence-electron chi connectivity index (χ3n) is 2.20. The van der Waals surface area contributed by atoms with Crippen LogP contribution in [0.25, 0.3) is 0 Å². The zero-order chi connectivity index (χ0) is 10.6. The largest absolute Gasteiger partial charge is 0.444 e. The second kappa shape index (κ2) is 5.12. The lowest BCUT2D eigenvalue weighted by Crippen LogP contribution is -2.25. The summed E-state index contributed by atoms with van der Waals surface area (Å²) in [5, 5.41) is 12.4. The maximum absolute atomic E-state index is 9.28. The monoisotopic (exact) mass is 198 g/mol. The maximum atomic E-state index is 9.28. The predicted molar refractivity (Wildman–Crippen MR) is 54.0 cm³/mol. The SMILES string of the molecule is CCC(O)CNCc1nc(C)c(C)o1. The highest BCUT2D eigenvalue weighted by atomic mass is 16.4.